The fraction of sp³-hybridized carbons (Fsp3) is 0.240. The van der Waals surface area contributed by atoms with Gasteiger partial charge in [0.2, 0.25) is 5.91 Å². The highest BCUT2D eigenvalue weighted by atomic mass is 32.2. The molecule has 1 N–H and O–H groups in total. The largest absolute Gasteiger partial charge is 0.368 e. The second-order valence-corrected chi connectivity index (χ2v) is 8.69. The fourth-order valence-electron chi connectivity index (χ4n) is 3.57. The van der Waals surface area contributed by atoms with E-state index in [0.29, 0.717) is 18.8 Å². The van der Waals surface area contributed by atoms with Crippen molar-refractivity contribution < 1.29 is 9.59 Å². The number of aromatic nitrogens is 1. The van der Waals surface area contributed by atoms with Gasteiger partial charge in [-0.3, -0.25) is 9.59 Å². The van der Waals surface area contributed by atoms with E-state index in [1.54, 1.807) is 6.20 Å². The first kappa shape index (κ1) is 21.9. The maximum atomic E-state index is 12.7. The van der Waals surface area contributed by atoms with Gasteiger partial charge in [-0.25, -0.2) is 4.98 Å². The monoisotopic (exact) mass is 446 g/mol. The van der Waals surface area contributed by atoms with Crippen LogP contribution in [0.2, 0.25) is 0 Å². The van der Waals surface area contributed by atoms with Crippen molar-refractivity contribution in [3.05, 3.63) is 84.1 Å². The van der Waals surface area contributed by atoms with E-state index in [1.807, 2.05) is 78.6 Å². The van der Waals surface area contributed by atoms with Crippen molar-refractivity contribution in [3.63, 3.8) is 0 Å². The number of nitrogens with one attached hydrogen (secondary N) is 1. The zero-order chi connectivity index (χ0) is 22.3. The second kappa shape index (κ2) is 10.3. The van der Waals surface area contributed by atoms with Crippen LogP contribution in [0.25, 0.3) is 0 Å². The number of nitrogens with zero attached hydrogens (tertiary/aromatic N) is 3. The summed E-state index contributed by atoms with van der Waals surface area (Å²) in [5, 5.41) is 3.76. The molecule has 1 aliphatic heterocycles. The van der Waals surface area contributed by atoms with E-state index in [0.717, 1.165) is 40.6 Å². The van der Waals surface area contributed by atoms with Crippen molar-refractivity contribution >= 4 is 35.0 Å². The summed E-state index contributed by atoms with van der Waals surface area (Å²) in [6, 6.07) is 21.3. The smallest absolute Gasteiger partial charge is 0.253 e. The molecule has 0 aliphatic carbocycles. The first-order chi connectivity index (χ1) is 15.6. The van der Waals surface area contributed by atoms with Crippen LogP contribution in [-0.4, -0.2) is 53.6 Å². The van der Waals surface area contributed by atoms with Gasteiger partial charge in [-0.1, -0.05) is 35.5 Å². The minimum Gasteiger partial charge on any atom is -0.368 e. The van der Waals surface area contributed by atoms with E-state index in [4.69, 9.17) is 0 Å². The Morgan fingerprint density at radius 3 is 2.31 bits per heavy atom. The highest BCUT2D eigenvalue weighted by molar-refractivity contribution is 7.99. The van der Waals surface area contributed by atoms with Crippen molar-refractivity contribution in [2.45, 2.75) is 11.9 Å². The van der Waals surface area contributed by atoms with Gasteiger partial charge in [-0.15, -0.1) is 0 Å². The third-order valence-corrected chi connectivity index (χ3v) is 6.31. The van der Waals surface area contributed by atoms with Gasteiger partial charge in [0.25, 0.3) is 5.91 Å². The molecule has 0 bridgehead atoms. The number of rotatable bonds is 6. The summed E-state index contributed by atoms with van der Waals surface area (Å²) in [4.78, 5) is 33.3. The Hall–Kier alpha value is -3.32. The van der Waals surface area contributed by atoms with Gasteiger partial charge in [0.15, 0.2) is 0 Å². The molecule has 1 aromatic heterocycles. The van der Waals surface area contributed by atoms with Gasteiger partial charge in [0.1, 0.15) is 0 Å². The number of anilines is 2. The van der Waals surface area contributed by atoms with Crippen LogP contribution in [0.3, 0.4) is 0 Å². The standard InChI is InChI=1S/C25H26N4O2S/c1-19-5-7-20(8-6-19)25(31)29-16-14-28(15-17-29)22-11-9-21(10-12-22)27-23(30)18-32-24-4-2-3-13-26-24/h2-13H,14-18H2,1H3,(H,27,30). The maximum absolute atomic E-state index is 12.7. The van der Waals surface area contributed by atoms with Crippen molar-refractivity contribution in [3.8, 4) is 0 Å². The first-order valence-electron chi connectivity index (χ1n) is 10.6. The number of carbonyl (C=O) groups is 2. The molecule has 1 fully saturated rings. The topological polar surface area (TPSA) is 65.5 Å². The lowest BCUT2D eigenvalue weighted by molar-refractivity contribution is -0.113. The Balaban J connectivity index is 1.26. The van der Waals surface area contributed by atoms with Gasteiger partial charge in [-0.05, 0) is 55.5 Å². The maximum Gasteiger partial charge on any atom is 0.253 e. The normalized spacial score (nSPS) is 13.7. The zero-order valence-electron chi connectivity index (χ0n) is 18.0. The summed E-state index contributed by atoms with van der Waals surface area (Å²) in [5.41, 5.74) is 3.75. The average Bonchev–Trinajstić information content (AvgIpc) is 2.84. The summed E-state index contributed by atoms with van der Waals surface area (Å²) in [7, 11) is 0. The predicted molar refractivity (Wildman–Crippen MR) is 129 cm³/mol. The minimum absolute atomic E-state index is 0.0587. The molecule has 4 rings (SSSR count). The number of amides is 2. The molecule has 164 valence electrons. The lowest BCUT2D eigenvalue weighted by atomic mass is 10.1. The van der Waals surface area contributed by atoms with Gasteiger partial charge in [0, 0.05) is 49.3 Å². The Morgan fingerprint density at radius 2 is 1.66 bits per heavy atom. The van der Waals surface area contributed by atoms with E-state index in [-0.39, 0.29) is 11.8 Å². The van der Waals surface area contributed by atoms with Crippen LogP contribution >= 0.6 is 11.8 Å². The number of hydrogen-bond donors (Lipinski definition) is 1. The number of aryl methyl sites for hydroxylation is 1. The SMILES string of the molecule is Cc1ccc(C(=O)N2CCN(c3ccc(NC(=O)CSc4ccccn4)cc3)CC2)cc1. The predicted octanol–water partition coefficient (Wildman–Crippen LogP) is 4.08. The Kier molecular flexibility index (Phi) is 7.07. The molecular weight excluding hydrogens is 420 g/mol. The number of pyridine rings is 1. The van der Waals surface area contributed by atoms with Gasteiger partial charge < -0.3 is 15.1 Å². The summed E-state index contributed by atoms with van der Waals surface area (Å²) < 4.78 is 0. The number of piperazine rings is 1. The van der Waals surface area contributed by atoms with Crippen LogP contribution in [0.15, 0.2) is 78.0 Å². The Labute approximate surface area is 192 Å². The molecule has 7 heteroatoms. The molecule has 6 nitrogen and oxygen atoms in total. The van der Waals surface area contributed by atoms with Crippen LogP contribution in [0.4, 0.5) is 11.4 Å². The lowest BCUT2D eigenvalue weighted by Crippen LogP contribution is -2.48. The van der Waals surface area contributed by atoms with Crippen LogP contribution in [0.1, 0.15) is 15.9 Å². The number of hydrogen-bond acceptors (Lipinski definition) is 5. The van der Waals surface area contributed by atoms with E-state index in [2.05, 4.69) is 15.2 Å². The number of benzene rings is 2. The highest BCUT2D eigenvalue weighted by Gasteiger charge is 2.22. The first-order valence-corrected chi connectivity index (χ1v) is 11.6. The van der Waals surface area contributed by atoms with Crippen molar-refractivity contribution in [2.75, 3.05) is 42.1 Å². The molecule has 1 aliphatic rings. The third-order valence-electron chi connectivity index (χ3n) is 5.37. The van der Waals surface area contributed by atoms with Gasteiger partial charge >= 0.3 is 0 Å². The Morgan fingerprint density at radius 1 is 0.938 bits per heavy atom. The van der Waals surface area contributed by atoms with Crippen molar-refractivity contribution in [1.82, 2.24) is 9.88 Å². The van der Waals surface area contributed by atoms with Crippen LogP contribution in [0.5, 0.6) is 0 Å². The van der Waals surface area contributed by atoms with Crippen molar-refractivity contribution in [2.24, 2.45) is 0 Å². The molecule has 2 heterocycles. The van der Waals surface area contributed by atoms with Gasteiger partial charge in [-0.2, -0.15) is 0 Å². The molecule has 0 saturated carbocycles. The molecule has 32 heavy (non-hydrogen) atoms. The summed E-state index contributed by atoms with van der Waals surface area (Å²) in [6.45, 7) is 4.96. The molecule has 0 atom stereocenters. The summed E-state index contributed by atoms with van der Waals surface area (Å²) >= 11 is 1.41. The van der Waals surface area contributed by atoms with Crippen LogP contribution in [-0.2, 0) is 4.79 Å². The van der Waals surface area contributed by atoms with E-state index >= 15 is 0 Å². The molecular formula is C25H26N4O2S. The number of carbonyl (C=O) groups excluding carboxylic acids is 2. The quantitative estimate of drug-likeness (QED) is 0.578. The molecule has 3 aromatic rings. The van der Waals surface area contributed by atoms with Crippen LogP contribution < -0.4 is 10.2 Å². The van der Waals surface area contributed by atoms with Crippen molar-refractivity contribution in [1.29, 1.82) is 0 Å². The molecule has 0 spiro atoms. The fourth-order valence-corrected chi connectivity index (χ4v) is 4.23. The summed E-state index contributed by atoms with van der Waals surface area (Å²) in [5.74, 6) is 0.346. The summed E-state index contributed by atoms with van der Waals surface area (Å²) in [6.07, 6.45) is 1.72. The zero-order valence-corrected chi connectivity index (χ0v) is 18.8. The average molecular weight is 447 g/mol. The molecule has 0 radical (unpaired) electrons. The Bertz CT molecular complexity index is 1050. The molecule has 2 amide bonds. The second-order valence-electron chi connectivity index (χ2n) is 7.70. The van der Waals surface area contributed by atoms with E-state index in [9.17, 15) is 9.59 Å². The third kappa shape index (κ3) is 5.68. The highest BCUT2D eigenvalue weighted by Crippen LogP contribution is 2.21. The van der Waals surface area contributed by atoms with Gasteiger partial charge in [0.05, 0.1) is 10.8 Å². The molecule has 1 saturated heterocycles. The molecule has 2 aromatic carbocycles. The minimum atomic E-state index is -0.0587. The lowest BCUT2D eigenvalue weighted by Gasteiger charge is -2.36. The van der Waals surface area contributed by atoms with Crippen LogP contribution in [0, 0.1) is 6.92 Å². The van der Waals surface area contributed by atoms with E-state index in [1.165, 1.54) is 11.8 Å². The number of thioether (sulfide) groups is 1. The molecule has 0 unspecified atom stereocenters. The van der Waals surface area contributed by atoms with E-state index < -0.39 is 0 Å².